The number of hydrogen-bond donors (Lipinski definition) is 0. The van der Waals surface area contributed by atoms with Crippen LogP contribution in [0.3, 0.4) is 0 Å². The third kappa shape index (κ3) is 4.93. The Morgan fingerprint density at radius 1 is 1.18 bits per heavy atom. The fourth-order valence-corrected chi connectivity index (χ4v) is 2.62. The molecule has 2 rings (SSSR count). The number of methoxy groups -OCH3 is 2. The SMILES string of the molecule is CCCN(CC1CC1)C(=O)CCc1cc(OC)cc(OC)c1. The monoisotopic (exact) mass is 305 g/mol. The van der Waals surface area contributed by atoms with Gasteiger partial charge in [-0.25, -0.2) is 0 Å². The van der Waals surface area contributed by atoms with Crippen LogP contribution in [0.1, 0.15) is 38.2 Å². The second-order valence-corrected chi connectivity index (χ2v) is 6.00. The molecule has 0 bridgehead atoms. The van der Waals surface area contributed by atoms with Crippen molar-refractivity contribution in [2.45, 2.75) is 39.0 Å². The topological polar surface area (TPSA) is 38.8 Å². The van der Waals surface area contributed by atoms with Gasteiger partial charge in [-0.1, -0.05) is 6.92 Å². The van der Waals surface area contributed by atoms with Crippen LogP contribution in [0.2, 0.25) is 0 Å². The average molecular weight is 305 g/mol. The van der Waals surface area contributed by atoms with E-state index < -0.39 is 0 Å². The van der Waals surface area contributed by atoms with Gasteiger partial charge in [-0.2, -0.15) is 0 Å². The molecule has 0 spiro atoms. The number of rotatable bonds is 9. The van der Waals surface area contributed by atoms with Crippen molar-refractivity contribution >= 4 is 5.91 Å². The Morgan fingerprint density at radius 2 is 1.82 bits per heavy atom. The first kappa shape index (κ1) is 16.7. The van der Waals surface area contributed by atoms with Gasteiger partial charge in [0.15, 0.2) is 0 Å². The van der Waals surface area contributed by atoms with E-state index in [0.29, 0.717) is 6.42 Å². The molecule has 0 unspecified atom stereocenters. The maximum Gasteiger partial charge on any atom is 0.222 e. The molecular formula is C18H27NO3. The van der Waals surface area contributed by atoms with E-state index in [-0.39, 0.29) is 5.91 Å². The van der Waals surface area contributed by atoms with Crippen molar-refractivity contribution in [3.05, 3.63) is 23.8 Å². The molecule has 1 saturated carbocycles. The van der Waals surface area contributed by atoms with E-state index in [1.54, 1.807) is 14.2 Å². The average Bonchev–Trinajstić information content (AvgIpc) is 3.35. The lowest BCUT2D eigenvalue weighted by Crippen LogP contribution is -2.33. The lowest BCUT2D eigenvalue weighted by Gasteiger charge is -2.22. The molecule has 0 N–H and O–H groups in total. The van der Waals surface area contributed by atoms with Crippen LogP contribution >= 0.6 is 0 Å². The Bertz CT molecular complexity index is 475. The van der Waals surface area contributed by atoms with Crippen molar-refractivity contribution in [1.82, 2.24) is 4.90 Å². The summed E-state index contributed by atoms with van der Waals surface area (Å²) in [7, 11) is 3.28. The van der Waals surface area contributed by atoms with Gasteiger partial charge in [-0.05, 0) is 49.3 Å². The van der Waals surface area contributed by atoms with Gasteiger partial charge >= 0.3 is 0 Å². The van der Waals surface area contributed by atoms with Gasteiger partial charge in [0.25, 0.3) is 0 Å². The van der Waals surface area contributed by atoms with E-state index in [0.717, 1.165) is 48.9 Å². The van der Waals surface area contributed by atoms with Gasteiger partial charge in [0, 0.05) is 25.6 Å². The molecule has 1 amide bonds. The zero-order valence-corrected chi connectivity index (χ0v) is 13.9. The van der Waals surface area contributed by atoms with Crippen LogP contribution in [0, 0.1) is 5.92 Å². The molecule has 1 aliphatic carbocycles. The van der Waals surface area contributed by atoms with Gasteiger partial charge < -0.3 is 14.4 Å². The largest absolute Gasteiger partial charge is 0.497 e. The first-order chi connectivity index (χ1) is 10.7. The van der Waals surface area contributed by atoms with Gasteiger partial charge in [0.2, 0.25) is 5.91 Å². The molecule has 0 atom stereocenters. The van der Waals surface area contributed by atoms with Crippen LogP contribution in [-0.4, -0.2) is 38.1 Å². The van der Waals surface area contributed by atoms with Crippen molar-refractivity contribution in [2.75, 3.05) is 27.3 Å². The first-order valence-electron chi connectivity index (χ1n) is 8.16. The Morgan fingerprint density at radius 3 is 2.32 bits per heavy atom. The van der Waals surface area contributed by atoms with Crippen molar-refractivity contribution in [3.63, 3.8) is 0 Å². The second kappa shape index (κ2) is 8.06. The summed E-state index contributed by atoms with van der Waals surface area (Å²) in [5.41, 5.74) is 1.08. The summed E-state index contributed by atoms with van der Waals surface area (Å²) < 4.78 is 10.6. The summed E-state index contributed by atoms with van der Waals surface area (Å²) >= 11 is 0. The van der Waals surface area contributed by atoms with Crippen LogP contribution in [0.25, 0.3) is 0 Å². The number of carbonyl (C=O) groups is 1. The summed E-state index contributed by atoms with van der Waals surface area (Å²) in [5.74, 6) is 2.54. The minimum atomic E-state index is 0.260. The predicted octanol–water partition coefficient (Wildman–Crippen LogP) is 3.29. The van der Waals surface area contributed by atoms with Gasteiger partial charge in [-0.3, -0.25) is 4.79 Å². The molecule has 0 aliphatic heterocycles. The van der Waals surface area contributed by atoms with Crippen molar-refractivity contribution in [2.24, 2.45) is 5.92 Å². The van der Waals surface area contributed by atoms with Crippen molar-refractivity contribution in [1.29, 1.82) is 0 Å². The molecule has 0 aromatic heterocycles. The molecule has 1 aliphatic rings. The summed E-state index contributed by atoms with van der Waals surface area (Å²) in [5, 5.41) is 0. The molecule has 1 fully saturated rings. The molecule has 1 aromatic rings. The molecule has 4 nitrogen and oxygen atoms in total. The minimum Gasteiger partial charge on any atom is -0.497 e. The Kier molecular flexibility index (Phi) is 6.10. The number of carbonyl (C=O) groups excluding carboxylic acids is 1. The summed E-state index contributed by atoms with van der Waals surface area (Å²) in [6, 6.07) is 5.80. The summed E-state index contributed by atoms with van der Waals surface area (Å²) in [4.78, 5) is 14.5. The van der Waals surface area contributed by atoms with Crippen LogP contribution in [-0.2, 0) is 11.2 Å². The van der Waals surface area contributed by atoms with Crippen LogP contribution in [0.4, 0.5) is 0 Å². The first-order valence-corrected chi connectivity index (χ1v) is 8.16. The normalized spacial score (nSPS) is 13.8. The maximum atomic E-state index is 12.4. The molecule has 122 valence electrons. The van der Waals surface area contributed by atoms with Gasteiger partial charge in [0.05, 0.1) is 14.2 Å². The van der Waals surface area contributed by atoms with E-state index in [4.69, 9.17) is 9.47 Å². The third-order valence-electron chi connectivity index (χ3n) is 4.06. The van der Waals surface area contributed by atoms with E-state index in [1.807, 2.05) is 23.1 Å². The number of hydrogen-bond acceptors (Lipinski definition) is 3. The highest BCUT2D eigenvalue weighted by molar-refractivity contribution is 5.76. The molecule has 22 heavy (non-hydrogen) atoms. The predicted molar refractivity (Wildman–Crippen MR) is 87.5 cm³/mol. The molecule has 0 heterocycles. The lowest BCUT2D eigenvalue weighted by atomic mass is 10.1. The summed E-state index contributed by atoms with van der Waals surface area (Å²) in [6.45, 7) is 3.94. The van der Waals surface area contributed by atoms with E-state index >= 15 is 0 Å². The molecule has 0 radical (unpaired) electrons. The highest BCUT2D eigenvalue weighted by Gasteiger charge is 2.26. The van der Waals surface area contributed by atoms with Crippen LogP contribution < -0.4 is 9.47 Å². The van der Waals surface area contributed by atoms with Gasteiger partial charge in [-0.15, -0.1) is 0 Å². The summed E-state index contributed by atoms with van der Waals surface area (Å²) in [6.07, 6.45) is 4.84. The standard InChI is InChI=1S/C18H27NO3/c1-4-9-19(13-14-5-6-14)18(20)8-7-15-10-16(21-2)12-17(11-15)22-3/h10-12,14H,4-9,13H2,1-3H3. The minimum absolute atomic E-state index is 0.260. The molecule has 0 saturated heterocycles. The van der Waals surface area contributed by atoms with Crippen LogP contribution in [0.5, 0.6) is 11.5 Å². The second-order valence-electron chi connectivity index (χ2n) is 6.00. The zero-order chi connectivity index (χ0) is 15.9. The molecule has 4 heteroatoms. The van der Waals surface area contributed by atoms with E-state index in [2.05, 4.69) is 6.92 Å². The Balaban J connectivity index is 1.93. The zero-order valence-electron chi connectivity index (χ0n) is 13.9. The molecular weight excluding hydrogens is 278 g/mol. The van der Waals surface area contributed by atoms with E-state index in [9.17, 15) is 4.79 Å². The number of benzene rings is 1. The highest BCUT2D eigenvalue weighted by atomic mass is 16.5. The Labute approximate surface area is 133 Å². The van der Waals surface area contributed by atoms with Crippen molar-refractivity contribution in [3.8, 4) is 11.5 Å². The number of amides is 1. The van der Waals surface area contributed by atoms with E-state index in [1.165, 1.54) is 12.8 Å². The number of ether oxygens (including phenoxy) is 2. The lowest BCUT2D eigenvalue weighted by molar-refractivity contribution is -0.131. The quantitative estimate of drug-likeness (QED) is 0.703. The third-order valence-corrected chi connectivity index (χ3v) is 4.06. The molecule has 1 aromatic carbocycles. The highest BCUT2D eigenvalue weighted by Crippen LogP contribution is 2.30. The Hall–Kier alpha value is -1.71. The maximum absolute atomic E-state index is 12.4. The fourth-order valence-electron chi connectivity index (χ4n) is 2.62. The smallest absolute Gasteiger partial charge is 0.222 e. The van der Waals surface area contributed by atoms with Crippen molar-refractivity contribution < 1.29 is 14.3 Å². The van der Waals surface area contributed by atoms with Gasteiger partial charge in [0.1, 0.15) is 11.5 Å². The fraction of sp³-hybridized carbons (Fsp3) is 0.611. The number of nitrogens with zero attached hydrogens (tertiary/aromatic N) is 1. The number of aryl methyl sites for hydroxylation is 1. The van der Waals surface area contributed by atoms with Crippen LogP contribution in [0.15, 0.2) is 18.2 Å².